The summed E-state index contributed by atoms with van der Waals surface area (Å²) in [5, 5.41) is 0. The number of hydrogen-bond acceptors (Lipinski definition) is 3. The molecule has 1 heterocycles. The Kier molecular flexibility index (Phi) is 3.39. The van der Waals surface area contributed by atoms with Crippen LogP contribution in [0.3, 0.4) is 0 Å². The normalized spacial score (nSPS) is 19.5. The van der Waals surface area contributed by atoms with Crippen molar-refractivity contribution in [3.8, 4) is 0 Å². The van der Waals surface area contributed by atoms with Gasteiger partial charge in [0.25, 0.3) is 0 Å². The van der Waals surface area contributed by atoms with Crippen molar-refractivity contribution in [1.29, 1.82) is 0 Å². The first-order valence-electron chi connectivity index (χ1n) is 6.08. The lowest BCUT2D eigenvalue weighted by molar-refractivity contribution is 0.508. The molecule has 1 atom stereocenters. The van der Waals surface area contributed by atoms with Crippen molar-refractivity contribution in [2.45, 2.75) is 44.9 Å². The lowest BCUT2D eigenvalue weighted by Gasteiger charge is -2.26. The maximum Gasteiger partial charge on any atom is 0.345 e. The number of nitrogens with zero attached hydrogens (tertiary/aromatic N) is 1. The van der Waals surface area contributed by atoms with E-state index in [1.54, 1.807) is 0 Å². The Morgan fingerprint density at radius 1 is 1.56 bits per heavy atom. The second-order valence-electron chi connectivity index (χ2n) is 4.40. The number of rotatable bonds is 3. The molecule has 4 nitrogen and oxygen atoms in total. The third-order valence-corrected chi connectivity index (χ3v) is 3.37. The van der Waals surface area contributed by atoms with Crippen molar-refractivity contribution in [2.24, 2.45) is 5.73 Å². The van der Waals surface area contributed by atoms with Crippen LogP contribution in [0.15, 0.2) is 4.79 Å². The molecule has 1 aromatic heterocycles. The number of aromatic amines is 1. The fourth-order valence-corrected chi connectivity index (χ4v) is 2.69. The Balaban J connectivity index is 2.48. The summed E-state index contributed by atoms with van der Waals surface area (Å²) in [6.07, 6.45) is 5.11. The van der Waals surface area contributed by atoms with Crippen molar-refractivity contribution >= 4 is 0 Å². The van der Waals surface area contributed by atoms with E-state index >= 15 is 0 Å². The highest BCUT2D eigenvalue weighted by Gasteiger charge is 2.23. The van der Waals surface area contributed by atoms with E-state index in [0.29, 0.717) is 12.5 Å². The Bertz CT molecular complexity index is 405. The number of aromatic nitrogens is 2. The van der Waals surface area contributed by atoms with Gasteiger partial charge in [-0.15, -0.1) is 0 Å². The van der Waals surface area contributed by atoms with Crippen molar-refractivity contribution in [1.82, 2.24) is 9.97 Å². The first kappa shape index (κ1) is 11.3. The Labute approximate surface area is 95.3 Å². The predicted octanol–water partition coefficient (Wildman–Crippen LogP) is 1.10. The van der Waals surface area contributed by atoms with Crippen LogP contribution in [0, 0.1) is 0 Å². The number of aryl methyl sites for hydroxylation is 2. The van der Waals surface area contributed by atoms with Crippen molar-refractivity contribution in [3.63, 3.8) is 0 Å². The molecule has 0 fully saturated rings. The second kappa shape index (κ2) is 4.78. The molecule has 0 amide bonds. The minimum atomic E-state index is -0.205. The van der Waals surface area contributed by atoms with E-state index in [4.69, 9.17) is 5.73 Å². The van der Waals surface area contributed by atoms with Crippen molar-refractivity contribution < 1.29 is 0 Å². The lowest BCUT2D eigenvalue weighted by Crippen LogP contribution is -2.24. The molecule has 0 radical (unpaired) electrons. The Morgan fingerprint density at radius 3 is 3.06 bits per heavy atom. The molecule has 4 heteroatoms. The molecule has 2 rings (SSSR count). The highest BCUT2D eigenvalue weighted by atomic mass is 16.1. The number of nitrogens with one attached hydrogen (secondary N) is 1. The molecule has 1 aliphatic carbocycles. The molecular weight excluding hydrogens is 202 g/mol. The zero-order valence-electron chi connectivity index (χ0n) is 9.75. The van der Waals surface area contributed by atoms with Gasteiger partial charge in [0.2, 0.25) is 0 Å². The van der Waals surface area contributed by atoms with Crippen LogP contribution in [-0.4, -0.2) is 16.5 Å². The number of hydrogen-bond donors (Lipinski definition) is 2. The van der Waals surface area contributed by atoms with Crippen LogP contribution in [0.1, 0.15) is 49.1 Å². The highest BCUT2D eigenvalue weighted by Crippen LogP contribution is 2.33. The van der Waals surface area contributed by atoms with Gasteiger partial charge in [0.05, 0.1) is 5.69 Å². The van der Waals surface area contributed by atoms with E-state index in [9.17, 15) is 4.79 Å². The summed E-state index contributed by atoms with van der Waals surface area (Å²) in [4.78, 5) is 18.4. The lowest BCUT2D eigenvalue weighted by atomic mass is 9.82. The predicted molar refractivity (Wildman–Crippen MR) is 63.6 cm³/mol. The van der Waals surface area contributed by atoms with Gasteiger partial charge in [-0.05, 0) is 50.1 Å². The fraction of sp³-hybridized carbons (Fsp3) is 0.667. The molecule has 16 heavy (non-hydrogen) atoms. The second-order valence-corrected chi connectivity index (χ2v) is 4.40. The number of nitrogens with two attached hydrogens (primary N) is 1. The summed E-state index contributed by atoms with van der Waals surface area (Å²) >= 11 is 0. The summed E-state index contributed by atoms with van der Waals surface area (Å²) < 4.78 is 0. The SMILES string of the molecule is CCc1nc(=O)[nH]c2c1C(CCN)CCC2. The fourth-order valence-electron chi connectivity index (χ4n) is 2.69. The van der Waals surface area contributed by atoms with Crippen LogP contribution < -0.4 is 11.4 Å². The molecule has 1 aliphatic rings. The summed E-state index contributed by atoms with van der Waals surface area (Å²) in [6, 6.07) is 0. The van der Waals surface area contributed by atoms with Gasteiger partial charge < -0.3 is 10.7 Å². The van der Waals surface area contributed by atoms with Crippen LogP contribution in [0.2, 0.25) is 0 Å². The molecular formula is C12H19N3O. The zero-order valence-corrected chi connectivity index (χ0v) is 9.75. The molecule has 1 unspecified atom stereocenters. The molecule has 1 aromatic rings. The van der Waals surface area contributed by atoms with Gasteiger partial charge in [-0.25, -0.2) is 4.79 Å². The van der Waals surface area contributed by atoms with Crippen molar-refractivity contribution in [2.75, 3.05) is 6.54 Å². The minimum absolute atomic E-state index is 0.205. The highest BCUT2D eigenvalue weighted by molar-refractivity contribution is 5.31. The molecule has 88 valence electrons. The van der Waals surface area contributed by atoms with E-state index in [0.717, 1.165) is 37.1 Å². The molecule has 0 aromatic carbocycles. The number of fused-ring (bicyclic) bond motifs is 1. The average Bonchev–Trinajstić information content (AvgIpc) is 2.28. The van der Waals surface area contributed by atoms with Gasteiger partial charge in [-0.3, -0.25) is 0 Å². The summed E-state index contributed by atoms with van der Waals surface area (Å²) in [7, 11) is 0. The van der Waals surface area contributed by atoms with E-state index in [2.05, 4.69) is 16.9 Å². The Morgan fingerprint density at radius 2 is 2.38 bits per heavy atom. The van der Waals surface area contributed by atoms with Crippen LogP contribution in [-0.2, 0) is 12.8 Å². The standard InChI is InChI=1S/C12H19N3O/c1-2-9-11-8(6-7-13)4-3-5-10(11)15-12(16)14-9/h8H,2-7,13H2,1H3,(H,14,15,16). The van der Waals surface area contributed by atoms with E-state index in [1.165, 1.54) is 12.0 Å². The van der Waals surface area contributed by atoms with Gasteiger partial charge in [0, 0.05) is 5.69 Å². The van der Waals surface area contributed by atoms with Crippen LogP contribution in [0.25, 0.3) is 0 Å². The van der Waals surface area contributed by atoms with Crippen LogP contribution >= 0.6 is 0 Å². The summed E-state index contributed by atoms with van der Waals surface area (Å²) in [5.41, 5.74) is 8.79. The molecule has 0 bridgehead atoms. The molecule has 0 aliphatic heterocycles. The third kappa shape index (κ3) is 2.02. The van der Waals surface area contributed by atoms with E-state index in [-0.39, 0.29) is 5.69 Å². The summed E-state index contributed by atoms with van der Waals surface area (Å²) in [6.45, 7) is 2.75. The monoisotopic (exact) mass is 221 g/mol. The molecule has 3 N–H and O–H groups in total. The van der Waals surface area contributed by atoms with Crippen LogP contribution in [0.4, 0.5) is 0 Å². The van der Waals surface area contributed by atoms with Gasteiger partial charge in [0.1, 0.15) is 0 Å². The third-order valence-electron chi connectivity index (χ3n) is 3.37. The maximum atomic E-state index is 11.4. The number of H-pyrrole nitrogens is 1. The summed E-state index contributed by atoms with van der Waals surface area (Å²) in [5.74, 6) is 0.494. The van der Waals surface area contributed by atoms with Gasteiger partial charge >= 0.3 is 5.69 Å². The Hall–Kier alpha value is -1.16. The van der Waals surface area contributed by atoms with Crippen LogP contribution in [0.5, 0.6) is 0 Å². The average molecular weight is 221 g/mol. The van der Waals surface area contributed by atoms with Crippen molar-refractivity contribution in [3.05, 3.63) is 27.4 Å². The van der Waals surface area contributed by atoms with Gasteiger partial charge in [-0.1, -0.05) is 6.92 Å². The quantitative estimate of drug-likeness (QED) is 0.803. The smallest absolute Gasteiger partial charge is 0.330 e. The minimum Gasteiger partial charge on any atom is -0.330 e. The van der Waals surface area contributed by atoms with Gasteiger partial charge in [-0.2, -0.15) is 4.98 Å². The first-order chi connectivity index (χ1) is 7.76. The first-order valence-corrected chi connectivity index (χ1v) is 6.08. The molecule has 0 saturated heterocycles. The molecule has 0 spiro atoms. The van der Waals surface area contributed by atoms with E-state index < -0.39 is 0 Å². The zero-order chi connectivity index (χ0) is 11.5. The topological polar surface area (TPSA) is 71.8 Å². The van der Waals surface area contributed by atoms with E-state index in [1.807, 2.05) is 0 Å². The largest absolute Gasteiger partial charge is 0.345 e. The maximum absolute atomic E-state index is 11.4. The molecule has 0 saturated carbocycles. The van der Waals surface area contributed by atoms with Gasteiger partial charge in [0.15, 0.2) is 0 Å².